The Kier molecular flexibility index (Phi) is 4.80. The van der Waals surface area contributed by atoms with Crippen molar-refractivity contribution in [2.45, 2.75) is 12.8 Å². The van der Waals surface area contributed by atoms with Gasteiger partial charge in [0.25, 0.3) is 0 Å². The summed E-state index contributed by atoms with van der Waals surface area (Å²) in [5.74, 6) is 1.13. The molecule has 18 heavy (non-hydrogen) atoms. The minimum Gasteiger partial charge on any atom is -0.494 e. The number of thiophene rings is 1. The van der Waals surface area contributed by atoms with Gasteiger partial charge in [0.1, 0.15) is 5.75 Å². The summed E-state index contributed by atoms with van der Waals surface area (Å²) in [6.07, 6.45) is 0. The molecule has 0 aliphatic carbocycles. The standard InChI is InChI=1S/C14H16BrNOS/c1-2-17-12-6-4-3-5-10(12)11(9-16)13-7-8-14(15)18-13/h3-8,11H,2,9,16H2,1H3. The molecule has 0 saturated carbocycles. The number of hydrogen-bond donors (Lipinski definition) is 1. The summed E-state index contributed by atoms with van der Waals surface area (Å²) < 4.78 is 6.81. The average Bonchev–Trinajstić information content (AvgIpc) is 2.79. The molecule has 0 bridgehead atoms. The maximum absolute atomic E-state index is 5.95. The Morgan fingerprint density at radius 3 is 2.67 bits per heavy atom. The molecule has 2 nitrogen and oxygen atoms in total. The molecule has 1 atom stereocenters. The van der Waals surface area contributed by atoms with E-state index >= 15 is 0 Å². The minimum atomic E-state index is 0.198. The monoisotopic (exact) mass is 325 g/mol. The molecule has 1 unspecified atom stereocenters. The summed E-state index contributed by atoms with van der Waals surface area (Å²) in [4.78, 5) is 1.26. The Balaban J connectivity index is 2.38. The van der Waals surface area contributed by atoms with Gasteiger partial charge in [-0.25, -0.2) is 0 Å². The Morgan fingerprint density at radius 2 is 2.06 bits per heavy atom. The van der Waals surface area contributed by atoms with E-state index in [1.165, 1.54) is 4.88 Å². The Bertz CT molecular complexity index is 512. The largest absolute Gasteiger partial charge is 0.494 e. The molecule has 0 saturated heterocycles. The highest BCUT2D eigenvalue weighted by molar-refractivity contribution is 9.11. The molecule has 1 aromatic heterocycles. The highest BCUT2D eigenvalue weighted by Gasteiger charge is 2.18. The molecule has 0 spiro atoms. The van der Waals surface area contributed by atoms with E-state index in [9.17, 15) is 0 Å². The second-order valence-electron chi connectivity index (χ2n) is 3.90. The van der Waals surface area contributed by atoms with Crippen LogP contribution in [0.5, 0.6) is 5.75 Å². The van der Waals surface area contributed by atoms with Crippen LogP contribution in [0, 0.1) is 0 Å². The summed E-state index contributed by atoms with van der Waals surface area (Å²) in [5.41, 5.74) is 7.11. The second kappa shape index (κ2) is 6.36. The van der Waals surface area contributed by atoms with Crippen LogP contribution in [0.25, 0.3) is 0 Å². The smallest absolute Gasteiger partial charge is 0.123 e. The number of rotatable bonds is 5. The van der Waals surface area contributed by atoms with Crippen molar-refractivity contribution in [3.8, 4) is 5.75 Å². The van der Waals surface area contributed by atoms with Gasteiger partial charge in [-0.05, 0) is 41.1 Å². The molecule has 4 heteroatoms. The first-order valence-corrected chi connectivity index (χ1v) is 7.54. The van der Waals surface area contributed by atoms with Crippen molar-refractivity contribution in [2.75, 3.05) is 13.2 Å². The lowest BCUT2D eigenvalue weighted by atomic mass is 9.96. The molecule has 2 rings (SSSR count). The molecule has 0 radical (unpaired) electrons. The molecule has 0 amide bonds. The molecule has 1 heterocycles. The van der Waals surface area contributed by atoms with Gasteiger partial charge < -0.3 is 10.5 Å². The highest BCUT2D eigenvalue weighted by Crippen LogP contribution is 2.36. The van der Waals surface area contributed by atoms with Gasteiger partial charge in [0.2, 0.25) is 0 Å². The summed E-state index contributed by atoms with van der Waals surface area (Å²) in [7, 11) is 0. The van der Waals surface area contributed by atoms with Gasteiger partial charge in [-0.3, -0.25) is 0 Å². The molecule has 2 aromatic rings. The number of nitrogens with two attached hydrogens (primary N) is 1. The van der Waals surface area contributed by atoms with E-state index in [1.54, 1.807) is 11.3 Å². The number of benzene rings is 1. The Hall–Kier alpha value is -0.840. The third-order valence-electron chi connectivity index (χ3n) is 2.77. The molecular weight excluding hydrogens is 310 g/mol. The van der Waals surface area contributed by atoms with Crippen LogP contribution < -0.4 is 10.5 Å². The first-order valence-electron chi connectivity index (χ1n) is 5.93. The number of ether oxygens (including phenoxy) is 1. The SMILES string of the molecule is CCOc1ccccc1C(CN)c1ccc(Br)s1. The highest BCUT2D eigenvalue weighted by atomic mass is 79.9. The van der Waals surface area contributed by atoms with E-state index in [4.69, 9.17) is 10.5 Å². The average molecular weight is 326 g/mol. The minimum absolute atomic E-state index is 0.198. The van der Waals surface area contributed by atoms with Crippen molar-refractivity contribution in [3.05, 3.63) is 50.6 Å². The molecule has 1 aromatic carbocycles. The van der Waals surface area contributed by atoms with E-state index in [0.717, 1.165) is 15.1 Å². The van der Waals surface area contributed by atoms with Gasteiger partial charge in [-0.1, -0.05) is 18.2 Å². The van der Waals surface area contributed by atoms with E-state index in [0.29, 0.717) is 13.2 Å². The van der Waals surface area contributed by atoms with Crippen molar-refractivity contribution in [3.63, 3.8) is 0 Å². The zero-order chi connectivity index (χ0) is 13.0. The first-order chi connectivity index (χ1) is 8.76. The predicted molar refractivity (Wildman–Crippen MR) is 80.5 cm³/mol. The van der Waals surface area contributed by atoms with E-state index in [-0.39, 0.29) is 5.92 Å². The van der Waals surface area contributed by atoms with Crippen molar-refractivity contribution in [1.82, 2.24) is 0 Å². The van der Waals surface area contributed by atoms with E-state index in [1.807, 2.05) is 25.1 Å². The fourth-order valence-corrected chi connectivity index (χ4v) is 3.52. The van der Waals surface area contributed by atoms with Crippen LogP contribution in [0.4, 0.5) is 0 Å². The zero-order valence-electron chi connectivity index (χ0n) is 10.2. The quantitative estimate of drug-likeness (QED) is 0.901. The van der Waals surface area contributed by atoms with Crippen LogP contribution in [-0.2, 0) is 0 Å². The van der Waals surface area contributed by atoms with Gasteiger partial charge in [0.05, 0.1) is 10.4 Å². The molecule has 0 fully saturated rings. The second-order valence-corrected chi connectivity index (χ2v) is 6.40. The van der Waals surface area contributed by atoms with Crippen molar-refractivity contribution in [1.29, 1.82) is 0 Å². The molecule has 0 aliphatic rings. The van der Waals surface area contributed by atoms with Gasteiger partial charge in [0.15, 0.2) is 0 Å². The van der Waals surface area contributed by atoms with Gasteiger partial charge in [-0.15, -0.1) is 11.3 Å². The van der Waals surface area contributed by atoms with Crippen molar-refractivity contribution >= 4 is 27.3 Å². The van der Waals surface area contributed by atoms with Crippen LogP contribution in [-0.4, -0.2) is 13.2 Å². The lowest BCUT2D eigenvalue weighted by Gasteiger charge is -2.17. The number of para-hydroxylation sites is 1. The Morgan fingerprint density at radius 1 is 1.28 bits per heavy atom. The fourth-order valence-electron chi connectivity index (χ4n) is 1.97. The van der Waals surface area contributed by atoms with Crippen LogP contribution in [0.2, 0.25) is 0 Å². The van der Waals surface area contributed by atoms with Crippen LogP contribution >= 0.6 is 27.3 Å². The van der Waals surface area contributed by atoms with E-state index < -0.39 is 0 Å². The third-order valence-corrected chi connectivity index (χ3v) is 4.50. The third kappa shape index (κ3) is 2.94. The normalized spacial score (nSPS) is 12.4. The number of hydrogen-bond acceptors (Lipinski definition) is 3. The van der Waals surface area contributed by atoms with Gasteiger partial charge in [0, 0.05) is 22.9 Å². The lowest BCUT2D eigenvalue weighted by molar-refractivity contribution is 0.335. The summed E-state index contributed by atoms with van der Waals surface area (Å²) in [5, 5.41) is 0. The fraction of sp³-hybridized carbons (Fsp3) is 0.286. The molecule has 2 N–H and O–H groups in total. The van der Waals surface area contributed by atoms with E-state index in [2.05, 4.69) is 34.1 Å². The van der Waals surface area contributed by atoms with Crippen LogP contribution in [0.3, 0.4) is 0 Å². The van der Waals surface area contributed by atoms with Gasteiger partial charge in [-0.2, -0.15) is 0 Å². The Labute approximate surface area is 120 Å². The van der Waals surface area contributed by atoms with Gasteiger partial charge >= 0.3 is 0 Å². The molecule has 96 valence electrons. The predicted octanol–water partition coefficient (Wildman–Crippen LogP) is 4.00. The van der Waals surface area contributed by atoms with Crippen molar-refractivity contribution < 1.29 is 4.74 Å². The topological polar surface area (TPSA) is 35.2 Å². The maximum Gasteiger partial charge on any atom is 0.123 e. The maximum atomic E-state index is 5.95. The first kappa shape index (κ1) is 13.6. The summed E-state index contributed by atoms with van der Waals surface area (Å²) >= 11 is 5.22. The number of halogens is 1. The summed E-state index contributed by atoms with van der Waals surface area (Å²) in [6, 6.07) is 12.3. The zero-order valence-corrected chi connectivity index (χ0v) is 12.6. The molecular formula is C14H16BrNOS. The summed E-state index contributed by atoms with van der Waals surface area (Å²) in [6.45, 7) is 3.25. The van der Waals surface area contributed by atoms with Crippen molar-refractivity contribution in [2.24, 2.45) is 5.73 Å². The van der Waals surface area contributed by atoms with Crippen LogP contribution in [0.1, 0.15) is 23.3 Å². The lowest BCUT2D eigenvalue weighted by Crippen LogP contribution is -2.14. The molecule has 0 aliphatic heterocycles. The van der Waals surface area contributed by atoms with Crippen LogP contribution in [0.15, 0.2) is 40.2 Å².